The summed E-state index contributed by atoms with van der Waals surface area (Å²) in [6, 6.07) is 4.02. The van der Waals surface area contributed by atoms with E-state index in [-0.39, 0.29) is 11.1 Å². The molecule has 0 spiro atoms. The fourth-order valence-corrected chi connectivity index (χ4v) is 2.29. The van der Waals surface area contributed by atoms with Crippen LogP contribution in [0.25, 0.3) is 0 Å². The van der Waals surface area contributed by atoms with Crippen molar-refractivity contribution in [2.75, 3.05) is 19.6 Å². The largest absolute Gasteiger partial charge is 0.309 e. The van der Waals surface area contributed by atoms with Gasteiger partial charge in [0.25, 0.3) is 0 Å². The van der Waals surface area contributed by atoms with Gasteiger partial charge in [-0.15, -0.1) is 0 Å². The molecule has 0 bridgehead atoms. The van der Waals surface area contributed by atoms with Crippen molar-refractivity contribution in [2.45, 2.75) is 25.9 Å². The summed E-state index contributed by atoms with van der Waals surface area (Å²) in [5, 5.41) is 3.37. The van der Waals surface area contributed by atoms with E-state index in [1.165, 1.54) is 18.2 Å². The van der Waals surface area contributed by atoms with Gasteiger partial charge in [-0.25, -0.2) is 8.78 Å². The highest BCUT2D eigenvalue weighted by atomic mass is 19.1. The number of nitrogens with one attached hydrogen (secondary N) is 1. The maximum atomic E-state index is 13.5. The van der Waals surface area contributed by atoms with Crippen molar-refractivity contribution in [1.82, 2.24) is 10.2 Å². The number of halogens is 2. The minimum atomic E-state index is -0.457. The smallest absolute Gasteiger partial charge is 0.130 e. The predicted molar refractivity (Wildman–Crippen MR) is 63.7 cm³/mol. The summed E-state index contributed by atoms with van der Waals surface area (Å²) >= 11 is 0. The third kappa shape index (κ3) is 3.01. The molecule has 0 saturated carbocycles. The summed E-state index contributed by atoms with van der Waals surface area (Å²) in [7, 11) is 0. The fraction of sp³-hybridized carbons (Fsp3) is 0.538. The maximum absolute atomic E-state index is 13.5. The molecule has 1 fully saturated rings. The van der Waals surface area contributed by atoms with Gasteiger partial charge in [0, 0.05) is 37.3 Å². The van der Waals surface area contributed by atoms with Crippen LogP contribution >= 0.6 is 0 Å². The second-order valence-corrected chi connectivity index (χ2v) is 5.22. The van der Waals surface area contributed by atoms with E-state index in [2.05, 4.69) is 24.1 Å². The molecule has 1 N–H and O–H groups in total. The molecule has 4 heteroatoms. The Bertz CT molecular complexity index is 384. The molecular formula is C13H18F2N2. The molecular weight excluding hydrogens is 222 g/mol. The lowest BCUT2D eigenvalue weighted by Gasteiger charge is -2.39. The second-order valence-electron chi connectivity index (χ2n) is 5.22. The van der Waals surface area contributed by atoms with E-state index in [9.17, 15) is 8.78 Å². The Morgan fingerprint density at radius 2 is 1.94 bits per heavy atom. The van der Waals surface area contributed by atoms with Crippen molar-refractivity contribution in [3.05, 3.63) is 35.4 Å². The van der Waals surface area contributed by atoms with Crippen molar-refractivity contribution in [1.29, 1.82) is 0 Å². The van der Waals surface area contributed by atoms with Crippen LogP contribution in [0.5, 0.6) is 0 Å². The van der Waals surface area contributed by atoms with E-state index in [1.54, 1.807) is 0 Å². The van der Waals surface area contributed by atoms with Crippen molar-refractivity contribution < 1.29 is 8.78 Å². The predicted octanol–water partition coefficient (Wildman–Crippen LogP) is 2.15. The van der Waals surface area contributed by atoms with Crippen LogP contribution in [0, 0.1) is 11.6 Å². The molecule has 1 aromatic carbocycles. The summed E-state index contributed by atoms with van der Waals surface area (Å²) in [6.45, 7) is 6.98. The highest BCUT2D eigenvalue weighted by Crippen LogP contribution is 2.18. The zero-order valence-corrected chi connectivity index (χ0v) is 10.3. The Labute approximate surface area is 101 Å². The molecule has 17 heavy (non-hydrogen) atoms. The van der Waals surface area contributed by atoms with Crippen molar-refractivity contribution in [3.63, 3.8) is 0 Å². The highest BCUT2D eigenvalue weighted by molar-refractivity contribution is 5.19. The molecule has 2 rings (SSSR count). The molecule has 0 aromatic heterocycles. The van der Waals surface area contributed by atoms with Gasteiger partial charge in [0.15, 0.2) is 0 Å². The van der Waals surface area contributed by atoms with Crippen LogP contribution in [0.15, 0.2) is 18.2 Å². The van der Waals surface area contributed by atoms with Crippen LogP contribution in [0.2, 0.25) is 0 Å². The van der Waals surface area contributed by atoms with Gasteiger partial charge in [-0.3, -0.25) is 4.90 Å². The Hall–Kier alpha value is -1.00. The molecule has 1 aromatic rings. The fourth-order valence-electron chi connectivity index (χ4n) is 2.29. The molecule has 0 atom stereocenters. The summed E-state index contributed by atoms with van der Waals surface area (Å²) in [5.74, 6) is -0.914. The molecule has 1 heterocycles. The van der Waals surface area contributed by atoms with Gasteiger partial charge in [0.1, 0.15) is 11.6 Å². The van der Waals surface area contributed by atoms with Crippen LogP contribution in [0.4, 0.5) is 8.78 Å². The van der Waals surface area contributed by atoms with E-state index in [4.69, 9.17) is 0 Å². The first-order valence-electron chi connectivity index (χ1n) is 5.88. The van der Waals surface area contributed by atoms with E-state index < -0.39 is 11.6 Å². The maximum Gasteiger partial charge on any atom is 0.130 e. The molecule has 0 aliphatic carbocycles. The van der Waals surface area contributed by atoms with E-state index in [0.717, 1.165) is 19.6 Å². The van der Waals surface area contributed by atoms with E-state index in [0.29, 0.717) is 6.54 Å². The summed E-state index contributed by atoms with van der Waals surface area (Å²) < 4.78 is 27.0. The SMILES string of the molecule is CC1(C)CN(Cc2c(F)cccc2F)CCN1. The minimum absolute atomic E-state index is 0.0000171. The third-order valence-corrected chi connectivity index (χ3v) is 3.09. The van der Waals surface area contributed by atoms with Gasteiger partial charge in [-0.05, 0) is 26.0 Å². The number of benzene rings is 1. The first kappa shape index (κ1) is 12.5. The van der Waals surface area contributed by atoms with Gasteiger partial charge >= 0.3 is 0 Å². The Morgan fingerprint density at radius 3 is 2.53 bits per heavy atom. The number of hydrogen-bond donors (Lipinski definition) is 1. The van der Waals surface area contributed by atoms with E-state index >= 15 is 0 Å². The summed E-state index contributed by atoms with van der Waals surface area (Å²) in [4.78, 5) is 2.08. The van der Waals surface area contributed by atoms with E-state index in [1.807, 2.05) is 0 Å². The number of nitrogens with zero attached hydrogens (tertiary/aromatic N) is 1. The topological polar surface area (TPSA) is 15.3 Å². The summed E-state index contributed by atoms with van der Waals surface area (Å²) in [6.07, 6.45) is 0. The lowest BCUT2D eigenvalue weighted by atomic mass is 10.0. The average Bonchev–Trinajstić information content (AvgIpc) is 2.22. The highest BCUT2D eigenvalue weighted by Gasteiger charge is 2.26. The van der Waals surface area contributed by atoms with Crippen LogP contribution in [0.1, 0.15) is 19.4 Å². The lowest BCUT2D eigenvalue weighted by molar-refractivity contribution is 0.145. The Morgan fingerprint density at radius 1 is 1.29 bits per heavy atom. The molecule has 1 aliphatic heterocycles. The molecule has 1 saturated heterocycles. The molecule has 0 amide bonds. The molecule has 0 radical (unpaired) electrons. The minimum Gasteiger partial charge on any atom is -0.309 e. The summed E-state index contributed by atoms with van der Waals surface area (Å²) in [5.41, 5.74) is 0.171. The van der Waals surface area contributed by atoms with Gasteiger partial charge in [-0.2, -0.15) is 0 Å². The van der Waals surface area contributed by atoms with Crippen molar-refractivity contribution in [2.24, 2.45) is 0 Å². The quantitative estimate of drug-likeness (QED) is 0.852. The standard InChI is InChI=1S/C13H18F2N2/c1-13(2)9-17(7-6-16-13)8-10-11(14)4-3-5-12(10)15/h3-5,16H,6-9H2,1-2H3. The zero-order chi connectivity index (χ0) is 12.5. The van der Waals surface area contributed by atoms with Crippen molar-refractivity contribution >= 4 is 0 Å². The zero-order valence-electron chi connectivity index (χ0n) is 10.3. The van der Waals surface area contributed by atoms with Crippen molar-refractivity contribution in [3.8, 4) is 0 Å². The van der Waals surface area contributed by atoms with Crippen LogP contribution in [-0.4, -0.2) is 30.1 Å². The van der Waals surface area contributed by atoms with Crippen LogP contribution < -0.4 is 5.32 Å². The van der Waals surface area contributed by atoms with Gasteiger partial charge in [0.2, 0.25) is 0 Å². The molecule has 1 aliphatic rings. The van der Waals surface area contributed by atoms with Crippen LogP contribution in [-0.2, 0) is 6.54 Å². The molecule has 0 unspecified atom stereocenters. The van der Waals surface area contributed by atoms with Gasteiger partial charge in [-0.1, -0.05) is 6.07 Å². The Balaban J connectivity index is 2.10. The number of piperazine rings is 1. The molecule has 2 nitrogen and oxygen atoms in total. The van der Waals surface area contributed by atoms with Gasteiger partial charge in [0.05, 0.1) is 0 Å². The monoisotopic (exact) mass is 240 g/mol. The second kappa shape index (κ2) is 4.70. The van der Waals surface area contributed by atoms with Crippen LogP contribution in [0.3, 0.4) is 0 Å². The Kier molecular flexibility index (Phi) is 3.45. The normalized spacial score (nSPS) is 20.5. The third-order valence-electron chi connectivity index (χ3n) is 3.09. The average molecular weight is 240 g/mol. The first-order valence-corrected chi connectivity index (χ1v) is 5.88. The first-order chi connectivity index (χ1) is 7.98. The number of hydrogen-bond acceptors (Lipinski definition) is 2. The van der Waals surface area contributed by atoms with Gasteiger partial charge < -0.3 is 5.32 Å². The number of rotatable bonds is 2. The lowest BCUT2D eigenvalue weighted by Crippen LogP contribution is -2.56. The molecule has 94 valence electrons.